The molecule has 2 aromatic heterocycles. The largest absolute Gasteiger partial charge is 0.374 e. The molecule has 0 radical (unpaired) electrons. The molecule has 0 aliphatic heterocycles. The Hall–Kier alpha value is -1.08. The van der Waals surface area contributed by atoms with Crippen molar-refractivity contribution in [2.24, 2.45) is 0 Å². The Kier molecular flexibility index (Phi) is 3.74. The summed E-state index contributed by atoms with van der Waals surface area (Å²) in [5.41, 5.74) is 5.68. The van der Waals surface area contributed by atoms with Crippen LogP contribution in [0.5, 0.6) is 0 Å². The van der Waals surface area contributed by atoms with Crippen molar-refractivity contribution in [2.45, 2.75) is 50.9 Å². The van der Waals surface area contributed by atoms with Gasteiger partial charge < -0.3 is 5.73 Å². The molecular formula is C12H17N5S2. The van der Waals surface area contributed by atoms with Gasteiger partial charge in [-0.05, 0) is 25.7 Å². The van der Waals surface area contributed by atoms with E-state index in [9.17, 15) is 0 Å². The molecule has 0 amide bonds. The highest BCUT2D eigenvalue weighted by atomic mass is 32.1. The molecule has 2 atom stereocenters. The van der Waals surface area contributed by atoms with E-state index in [0.717, 1.165) is 22.9 Å². The van der Waals surface area contributed by atoms with Gasteiger partial charge in [-0.25, -0.2) is 0 Å². The summed E-state index contributed by atoms with van der Waals surface area (Å²) < 4.78 is 0. The number of anilines is 1. The lowest BCUT2D eigenvalue weighted by Crippen LogP contribution is -2.12. The molecule has 2 N–H and O–H groups in total. The van der Waals surface area contributed by atoms with Crippen LogP contribution in [0.15, 0.2) is 0 Å². The van der Waals surface area contributed by atoms with Crippen LogP contribution < -0.4 is 5.73 Å². The van der Waals surface area contributed by atoms with Crippen LogP contribution in [0.3, 0.4) is 0 Å². The predicted molar refractivity (Wildman–Crippen MR) is 77.6 cm³/mol. The van der Waals surface area contributed by atoms with E-state index in [4.69, 9.17) is 5.73 Å². The Morgan fingerprint density at radius 1 is 1.05 bits per heavy atom. The van der Waals surface area contributed by atoms with E-state index in [1.807, 2.05) is 0 Å². The Morgan fingerprint density at radius 3 is 2.32 bits per heavy atom. The molecule has 0 bridgehead atoms. The van der Waals surface area contributed by atoms with Crippen LogP contribution in [0, 0.1) is 0 Å². The van der Waals surface area contributed by atoms with E-state index in [0.29, 0.717) is 17.0 Å². The Balaban J connectivity index is 1.74. The van der Waals surface area contributed by atoms with Crippen LogP contribution in [0.4, 0.5) is 5.13 Å². The van der Waals surface area contributed by atoms with E-state index in [1.165, 1.54) is 35.6 Å². The minimum absolute atomic E-state index is 0.488. The summed E-state index contributed by atoms with van der Waals surface area (Å²) in [6, 6.07) is 0. The maximum Gasteiger partial charge on any atom is 0.203 e. The van der Waals surface area contributed by atoms with Crippen molar-refractivity contribution >= 4 is 27.8 Å². The first-order valence-corrected chi connectivity index (χ1v) is 8.30. The van der Waals surface area contributed by atoms with Gasteiger partial charge in [0.05, 0.1) is 0 Å². The topological polar surface area (TPSA) is 77.6 Å². The molecule has 2 unspecified atom stereocenters. The number of nitrogens with zero attached hydrogens (tertiary/aromatic N) is 4. The first-order chi connectivity index (χ1) is 9.26. The van der Waals surface area contributed by atoms with Crippen molar-refractivity contribution < 1.29 is 0 Å². The molecule has 1 aliphatic carbocycles. The fourth-order valence-corrected chi connectivity index (χ4v) is 4.31. The maximum absolute atomic E-state index is 5.68. The summed E-state index contributed by atoms with van der Waals surface area (Å²) in [6.07, 6.45) is 5.69. The third-order valence-corrected chi connectivity index (χ3v) is 5.76. The standard InChI is InChI=1S/C12H17N5S2/c1-2-9-14-15-10(18-9)7-4-3-5-8(6-7)11-16-17-12(13)19-11/h7-8H,2-6H2,1H3,(H2,13,17). The molecule has 1 aliphatic rings. The number of aryl methyl sites for hydroxylation is 1. The molecule has 1 fully saturated rings. The van der Waals surface area contributed by atoms with Gasteiger partial charge >= 0.3 is 0 Å². The van der Waals surface area contributed by atoms with Crippen molar-refractivity contribution in [3.63, 3.8) is 0 Å². The molecule has 7 heteroatoms. The summed E-state index contributed by atoms with van der Waals surface area (Å²) in [5.74, 6) is 1.02. The van der Waals surface area contributed by atoms with E-state index >= 15 is 0 Å². The lowest BCUT2D eigenvalue weighted by Gasteiger charge is -2.25. The lowest BCUT2D eigenvalue weighted by atomic mass is 9.82. The molecule has 102 valence electrons. The monoisotopic (exact) mass is 295 g/mol. The number of hydrogen-bond donors (Lipinski definition) is 1. The van der Waals surface area contributed by atoms with Crippen molar-refractivity contribution in [1.82, 2.24) is 20.4 Å². The van der Waals surface area contributed by atoms with E-state index < -0.39 is 0 Å². The molecule has 0 aromatic carbocycles. The maximum atomic E-state index is 5.68. The molecular weight excluding hydrogens is 278 g/mol. The molecule has 2 heterocycles. The molecule has 3 rings (SSSR count). The van der Waals surface area contributed by atoms with Crippen LogP contribution in [0.2, 0.25) is 0 Å². The van der Waals surface area contributed by atoms with Gasteiger partial charge in [0, 0.05) is 11.8 Å². The first-order valence-electron chi connectivity index (χ1n) is 6.67. The van der Waals surface area contributed by atoms with Gasteiger partial charge in [-0.2, -0.15) is 0 Å². The number of nitrogen functional groups attached to an aromatic ring is 1. The average molecular weight is 295 g/mol. The van der Waals surface area contributed by atoms with Crippen molar-refractivity contribution in [2.75, 3.05) is 5.73 Å². The van der Waals surface area contributed by atoms with Crippen LogP contribution in [-0.4, -0.2) is 20.4 Å². The fourth-order valence-electron chi connectivity index (χ4n) is 2.62. The molecule has 0 saturated heterocycles. The van der Waals surface area contributed by atoms with Gasteiger partial charge in [-0.3, -0.25) is 0 Å². The summed E-state index contributed by atoms with van der Waals surface area (Å²) in [6.45, 7) is 2.12. The highest BCUT2D eigenvalue weighted by molar-refractivity contribution is 7.15. The zero-order chi connectivity index (χ0) is 13.2. The second-order valence-corrected chi connectivity index (χ2v) is 7.06. The second-order valence-electron chi connectivity index (χ2n) is 4.93. The summed E-state index contributed by atoms with van der Waals surface area (Å²) in [5, 5.41) is 20.7. The van der Waals surface area contributed by atoms with Crippen molar-refractivity contribution in [3.8, 4) is 0 Å². The SMILES string of the molecule is CCc1nnc(C2CCCC(c3nnc(N)s3)C2)s1. The highest BCUT2D eigenvalue weighted by Gasteiger charge is 2.28. The highest BCUT2D eigenvalue weighted by Crippen LogP contribution is 2.42. The minimum atomic E-state index is 0.488. The van der Waals surface area contributed by atoms with Gasteiger partial charge in [0.2, 0.25) is 5.13 Å². The molecule has 5 nitrogen and oxygen atoms in total. The smallest absolute Gasteiger partial charge is 0.203 e. The third kappa shape index (κ3) is 2.76. The van der Waals surface area contributed by atoms with Gasteiger partial charge in [-0.1, -0.05) is 24.7 Å². The number of nitrogens with two attached hydrogens (primary N) is 1. The third-order valence-electron chi connectivity index (χ3n) is 3.61. The summed E-state index contributed by atoms with van der Waals surface area (Å²) >= 11 is 3.29. The lowest BCUT2D eigenvalue weighted by molar-refractivity contribution is 0.390. The van der Waals surface area contributed by atoms with Crippen LogP contribution in [-0.2, 0) is 6.42 Å². The normalized spacial score (nSPS) is 23.6. The summed E-state index contributed by atoms with van der Waals surface area (Å²) in [7, 11) is 0. The zero-order valence-corrected chi connectivity index (χ0v) is 12.5. The number of rotatable bonds is 3. The number of hydrogen-bond acceptors (Lipinski definition) is 7. The molecule has 19 heavy (non-hydrogen) atoms. The molecule has 0 spiro atoms. The molecule has 1 saturated carbocycles. The second kappa shape index (κ2) is 5.50. The van der Waals surface area contributed by atoms with Crippen LogP contribution in [0.1, 0.15) is 59.5 Å². The predicted octanol–water partition coefficient (Wildman–Crippen LogP) is 2.98. The Morgan fingerprint density at radius 2 is 1.74 bits per heavy atom. The Labute approximate surface area is 120 Å². The van der Waals surface area contributed by atoms with Gasteiger partial charge in [0.1, 0.15) is 15.0 Å². The van der Waals surface area contributed by atoms with Gasteiger partial charge in [-0.15, -0.1) is 31.7 Å². The van der Waals surface area contributed by atoms with Crippen LogP contribution in [0.25, 0.3) is 0 Å². The van der Waals surface area contributed by atoms with Gasteiger partial charge in [0.25, 0.3) is 0 Å². The quantitative estimate of drug-likeness (QED) is 0.942. The van der Waals surface area contributed by atoms with Crippen LogP contribution >= 0.6 is 22.7 Å². The van der Waals surface area contributed by atoms with E-state index in [1.54, 1.807) is 11.3 Å². The van der Waals surface area contributed by atoms with Crippen molar-refractivity contribution in [1.29, 1.82) is 0 Å². The first kappa shape index (κ1) is 12.9. The fraction of sp³-hybridized carbons (Fsp3) is 0.667. The van der Waals surface area contributed by atoms with Gasteiger partial charge in [0.15, 0.2) is 0 Å². The summed E-state index contributed by atoms with van der Waals surface area (Å²) in [4.78, 5) is 0. The zero-order valence-electron chi connectivity index (χ0n) is 10.9. The Bertz CT molecular complexity index is 550. The van der Waals surface area contributed by atoms with E-state index in [2.05, 4.69) is 27.3 Å². The van der Waals surface area contributed by atoms with E-state index in [-0.39, 0.29) is 0 Å². The molecule has 2 aromatic rings. The minimum Gasteiger partial charge on any atom is -0.374 e. The number of aromatic nitrogens is 4. The average Bonchev–Trinajstić information content (AvgIpc) is 3.07. The van der Waals surface area contributed by atoms with Crippen molar-refractivity contribution in [3.05, 3.63) is 15.0 Å².